The first kappa shape index (κ1) is 7.88. The molecule has 0 saturated heterocycles. The zero-order chi connectivity index (χ0) is 9.26. The van der Waals surface area contributed by atoms with E-state index in [0.29, 0.717) is 6.54 Å². The second-order valence-electron chi connectivity index (χ2n) is 2.98. The van der Waals surface area contributed by atoms with Gasteiger partial charge in [0.15, 0.2) is 0 Å². The van der Waals surface area contributed by atoms with E-state index in [9.17, 15) is 4.79 Å². The van der Waals surface area contributed by atoms with Crippen molar-refractivity contribution in [3.8, 4) is 12.3 Å². The van der Waals surface area contributed by atoms with Gasteiger partial charge >= 0.3 is 5.91 Å². The Bertz CT molecular complexity index is 389. The van der Waals surface area contributed by atoms with Gasteiger partial charge in [-0.3, -0.25) is 4.79 Å². The number of carbonyl (C=O) groups excluding carboxylic acids is 1. The number of fused-ring (bicyclic) bond motifs is 1. The van der Waals surface area contributed by atoms with Gasteiger partial charge in [0.25, 0.3) is 0 Å². The van der Waals surface area contributed by atoms with Crippen LogP contribution in [0.1, 0.15) is 5.56 Å². The molecular formula is C11H9NO. The zero-order valence-corrected chi connectivity index (χ0v) is 7.16. The molecule has 2 rings (SSSR count). The highest BCUT2D eigenvalue weighted by Crippen LogP contribution is 2.26. The van der Waals surface area contributed by atoms with Gasteiger partial charge in [-0.05, 0) is 24.0 Å². The molecule has 0 aliphatic carbocycles. The molecule has 0 N–H and O–H groups in total. The summed E-state index contributed by atoms with van der Waals surface area (Å²) in [7, 11) is 0. The third kappa shape index (κ3) is 1.19. The highest BCUT2D eigenvalue weighted by Gasteiger charge is 2.22. The Balaban J connectivity index is 2.40. The second kappa shape index (κ2) is 2.95. The molecule has 1 aliphatic heterocycles. The average molecular weight is 171 g/mol. The first-order chi connectivity index (χ1) is 6.33. The van der Waals surface area contributed by atoms with Gasteiger partial charge in [-0.2, -0.15) is 0 Å². The van der Waals surface area contributed by atoms with Crippen LogP contribution in [0.5, 0.6) is 0 Å². The third-order valence-electron chi connectivity index (χ3n) is 2.26. The number of hydrogen-bond acceptors (Lipinski definition) is 1. The lowest BCUT2D eigenvalue weighted by Gasteiger charge is -2.12. The Hall–Kier alpha value is -1.75. The summed E-state index contributed by atoms with van der Waals surface area (Å²) >= 11 is 0. The fourth-order valence-corrected chi connectivity index (χ4v) is 1.63. The number of anilines is 1. The summed E-state index contributed by atoms with van der Waals surface area (Å²) < 4.78 is 0. The fourth-order valence-electron chi connectivity index (χ4n) is 1.63. The predicted octanol–water partition coefficient (Wildman–Crippen LogP) is 1.21. The highest BCUT2D eigenvalue weighted by molar-refractivity contribution is 6.06. The standard InChI is InChI=1S/C11H9NO/c1-2-11(13)12-8-7-9-5-3-4-6-10(9)12/h1,3-6H,7-8H2. The number of benzene rings is 1. The number of para-hydroxylation sites is 1. The molecule has 1 aromatic carbocycles. The van der Waals surface area contributed by atoms with E-state index in [1.807, 2.05) is 24.3 Å². The molecule has 2 heteroatoms. The van der Waals surface area contributed by atoms with Crippen molar-refractivity contribution in [2.24, 2.45) is 0 Å². The molecule has 0 fully saturated rings. The molecule has 1 aliphatic rings. The minimum Gasteiger partial charge on any atom is -0.301 e. The van der Waals surface area contributed by atoms with Gasteiger partial charge in [-0.25, -0.2) is 0 Å². The van der Waals surface area contributed by atoms with Crippen LogP contribution in [-0.4, -0.2) is 12.5 Å². The van der Waals surface area contributed by atoms with Crippen molar-refractivity contribution < 1.29 is 4.79 Å². The summed E-state index contributed by atoms with van der Waals surface area (Å²) in [5, 5.41) is 0. The largest absolute Gasteiger partial charge is 0.302 e. The van der Waals surface area contributed by atoms with Crippen molar-refractivity contribution in [2.75, 3.05) is 11.4 Å². The number of hydrogen-bond donors (Lipinski definition) is 0. The maximum atomic E-state index is 11.3. The number of rotatable bonds is 0. The molecule has 13 heavy (non-hydrogen) atoms. The lowest BCUT2D eigenvalue weighted by atomic mass is 10.2. The first-order valence-electron chi connectivity index (χ1n) is 4.19. The minimum atomic E-state index is -0.245. The fraction of sp³-hybridized carbons (Fsp3) is 0.182. The molecule has 0 aromatic heterocycles. The van der Waals surface area contributed by atoms with Gasteiger partial charge in [-0.15, -0.1) is 6.42 Å². The summed E-state index contributed by atoms with van der Waals surface area (Å²) in [4.78, 5) is 12.9. The molecule has 0 radical (unpaired) electrons. The van der Waals surface area contributed by atoms with E-state index in [2.05, 4.69) is 5.92 Å². The lowest BCUT2D eigenvalue weighted by Crippen LogP contribution is -2.26. The van der Waals surface area contributed by atoms with Crippen LogP contribution in [-0.2, 0) is 11.2 Å². The molecule has 2 nitrogen and oxygen atoms in total. The van der Waals surface area contributed by atoms with Crippen LogP contribution >= 0.6 is 0 Å². The van der Waals surface area contributed by atoms with Crippen molar-refractivity contribution in [3.63, 3.8) is 0 Å². The van der Waals surface area contributed by atoms with Gasteiger partial charge in [-0.1, -0.05) is 18.2 Å². The molecule has 1 amide bonds. The maximum absolute atomic E-state index is 11.3. The van der Waals surface area contributed by atoms with Crippen LogP contribution in [0.25, 0.3) is 0 Å². The number of carbonyl (C=O) groups is 1. The molecule has 0 atom stereocenters. The van der Waals surface area contributed by atoms with Crippen LogP contribution in [0.4, 0.5) is 5.69 Å². The predicted molar refractivity (Wildman–Crippen MR) is 51.3 cm³/mol. The van der Waals surface area contributed by atoms with Crippen molar-refractivity contribution in [2.45, 2.75) is 6.42 Å². The van der Waals surface area contributed by atoms with E-state index in [0.717, 1.165) is 12.1 Å². The van der Waals surface area contributed by atoms with E-state index in [1.54, 1.807) is 4.90 Å². The van der Waals surface area contributed by atoms with Crippen LogP contribution in [0, 0.1) is 12.3 Å². The SMILES string of the molecule is C#CC(=O)N1CCc2ccccc21. The molecule has 0 bridgehead atoms. The monoisotopic (exact) mass is 171 g/mol. The highest BCUT2D eigenvalue weighted by atomic mass is 16.2. The normalized spacial score (nSPS) is 13.6. The summed E-state index contributed by atoms with van der Waals surface area (Å²) in [5.41, 5.74) is 2.16. The van der Waals surface area contributed by atoms with Crippen molar-refractivity contribution >= 4 is 11.6 Å². The minimum absolute atomic E-state index is 0.245. The average Bonchev–Trinajstić information content (AvgIpc) is 2.60. The van der Waals surface area contributed by atoms with Crippen LogP contribution in [0.15, 0.2) is 24.3 Å². The number of nitrogens with zero attached hydrogens (tertiary/aromatic N) is 1. The molecule has 1 aromatic rings. The zero-order valence-electron chi connectivity index (χ0n) is 7.16. The topological polar surface area (TPSA) is 20.3 Å². The Labute approximate surface area is 77.2 Å². The van der Waals surface area contributed by atoms with Gasteiger partial charge in [0, 0.05) is 12.2 Å². The van der Waals surface area contributed by atoms with Gasteiger partial charge in [0.05, 0.1) is 0 Å². The van der Waals surface area contributed by atoms with E-state index >= 15 is 0 Å². The van der Waals surface area contributed by atoms with E-state index in [4.69, 9.17) is 6.42 Å². The summed E-state index contributed by atoms with van der Waals surface area (Å²) in [6.07, 6.45) is 5.97. The molecule has 1 heterocycles. The summed E-state index contributed by atoms with van der Waals surface area (Å²) in [6, 6.07) is 7.85. The lowest BCUT2D eigenvalue weighted by molar-refractivity contribution is -0.113. The van der Waals surface area contributed by atoms with E-state index < -0.39 is 0 Å². The Kier molecular flexibility index (Phi) is 1.79. The Morgan fingerprint density at radius 2 is 2.23 bits per heavy atom. The Morgan fingerprint density at radius 3 is 3.00 bits per heavy atom. The van der Waals surface area contributed by atoms with Crippen LogP contribution in [0.2, 0.25) is 0 Å². The quantitative estimate of drug-likeness (QED) is 0.537. The van der Waals surface area contributed by atoms with Crippen molar-refractivity contribution in [3.05, 3.63) is 29.8 Å². The molecule has 0 unspecified atom stereocenters. The second-order valence-corrected chi connectivity index (χ2v) is 2.98. The van der Waals surface area contributed by atoms with Crippen LogP contribution in [0.3, 0.4) is 0 Å². The summed E-state index contributed by atoms with van der Waals surface area (Å²) in [5.74, 6) is 1.89. The maximum Gasteiger partial charge on any atom is 0.302 e. The van der Waals surface area contributed by atoms with E-state index in [-0.39, 0.29) is 5.91 Å². The van der Waals surface area contributed by atoms with E-state index in [1.165, 1.54) is 5.56 Å². The first-order valence-corrected chi connectivity index (χ1v) is 4.19. The summed E-state index contributed by atoms with van der Waals surface area (Å²) in [6.45, 7) is 0.711. The molecular weight excluding hydrogens is 162 g/mol. The third-order valence-corrected chi connectivity index (χ3v) is 2.26. The molecule has 0 saturated carbocycles. The van der Waals surface area contributed by atoms with Gasteiger partial charge in [0.2, 0.25) is 0 Å². The molecule has 64 valence electrons. The van der Waals surface area contributed by atoms with Gasteiger partial charge < -0.3 is 4.90 Å². The molecule has 0 spiro atoms. The number of amides is 1. The van der Waals surface area contributed by atoms with Crippen molar-refractivity contribution in [1.29, 1.82) is 0 Å². The smallest absolute Gasteiger partial charge is 0.301 e. The Morgan fingerprint density at radius 1 is 1.46 bits per heavy atom. The van der Waals surface area contributed by atoms with Crippen LogP contribution < -0.4 is 4.90 Å². The van der Waals surface area contributed by atoms with Gasteiger partial charge in [0.1, 0.15) is 0 Å². The number of terminal acetylenes is 1. The van der Waals surface area contributed by atoms with Crippen molar-refractivity contribution in [1.82, 2.24) is 0 Å².